The van der Waals surface area contributed by atoms with Crippen molar-refractivity contribution >= 4 is 11.5 Å². The van der Waals surface area contributed by atoms with Crippen LogP contribution in [-0.4, -0.2) is 18.6 Å². The van der Waals surface area contributed by atoms with E-state index in [4.69, 9.17) is 5.26 Å². The molecule has 1 atom stereocenters. The molecule has 108 valence electrons. The van der Waals surface area contributed by atoms with Gasteiger partial charge in [-0.3, -0.25) is 0 Å². The van der Waals surface area contributed by atoms with E-state index in [-0.39, 0.29) is 6.04 Å². The molecule has 4 heteroatoms. The van der Waals surface area contributed by atoms with E-state index in [0.29, 0.717) is 13.0 Å². The Labute approximate surface area is 126 Å². The van der Waals surface area contributed by atoms with Crippen molar-refractivity contribution in [3.63, 3.8) is 0 Å². The molecule has 0 spiro atoms. The van der Waals surface area contributed by atoms with Crippen molar-refractivity contribution in [2.75, 3.05) is 18.5 Å². The van der Waals surface area contributed by atoms with Gasteiger partial charge in [0, 0.05) is 30.0 Å². The van der Waals surface area contributed by atoms with Crippen molar-refractivity contribution in [1.82, 2.24) is 10.3 Å². The monoisotopic (exact) mass is 280 g/mol. The van der Waals surface area contributed by atoms with Crippen molar-refractivity contribution < 1.29 is 0 Å². The quantitative estimate of drug-likeness (QED) is 0.881. The van der Waals surface area contributed by atoms with Crippen LogP contribution in [0.3, 0.4) is 0 Å². The molecule has 1 unspecified atom stereocenters. The first-order valence-electron chi connectivity index (χ1n) is 7.09. The van der Waals surface area contributed by atoms with Crippen molar-refractivity contribution in [2.24, 2.45) is 0 Å². The molecule has 0 aliphatic heterocycles. The van der Waals surface area contributed by atoms with E-state index >= 15 is 0 Å². The highest BCUT2D eigenvalue weighted by Gasteiger charge is 2.17. The molecule has 0 saturated heterocycles. The lowest BCUT2D eigenvalue weighted by Gasteiger charge is -2.27. The predicted molar refractivity (Wildman–Crippen MR) is 85.4 cm³/mol. The van der Waals surface area contributed by atoms with Crippen LogP contribution in [0.15, 0.2) is 48.7 Å². The number of anilines is 2. The Morgan fingerprint density at radius 3 is 2.67 bits per heavy atom. The summed E-state index contributed by atoms with van der Waals surface area (Å²) < 4.78 is 0. The van der Waals surface area contributed by atoms with Crippen LogP contribution in [-0.2, 0) is 0 Å². The summed E-state index contributed by atoms with van der Waals surface area (Å²) in [5.74, 6) is 0.904. The molecule has 0 amide bonds. The molecule has 1 heterocycles. The Morgan fingerprint density at radius 1 is 1.24 bits per heavy atom. The van der Waals surface area contributed by atoms with E-state index in [2.05, 4.69) is 34.3 Å². The minimum Gasteiger partial charge on any atom is -0.325 e. The zero-order valence-electron chi connectivity index (χ0n) is 12.5. The second-order valence-electron chi connectivity index (χ2n) is 4.82. The van der Waals surface area contributed by atoms with Crippen LogP contribution in [0.1, 0.15) is 24.9 Å². The van der Waals surface area contributed by atoms with Gasteiger partial charge >= 0.3 is 0 Å². The number of hydrogen-bond acceptors (Lipinski definition) is 4. The second-order valence-corrected chi connectivity index (χ2v) is 4.82. The van der Waals surface area contributed by atoms with Crippen LogP contribution in [0.2, 0.25) is 0 Å². The fourth-order valence-electron chi connectivity index (χ4n) is 2.26. The van der Waals surface area contributed by atoms with E-state index in [1.54, 1.807) is 6.20 Å². The highest BCUT2D eigenvalue weighted by Crippen LogP contribution is 2.29. The summed E-state index contributed by atoms with van der Waals surface area (Å²) >= 11 is 0. The first-order chi connectivity index (χ1) is 10.3. The predicted octanol–water partition coefficient (Wildman–Crippen LogP) is 3.41. The third kappa shape index (κ3) is 3.59. The summed E-state index contributed by atoms with van der Waals surface area (Å²) in [6.45, 7) is 2.73. The molecule has 1 aromatic carbocycles. The number of para-hydroxylation sites is 1. The average molecular weight is 280 g/mol. The van der Waals surface area contributed by atoms with Gasteiger partial charge in [-0.2, -0.15) is 5.26 Å². The lowest BCUT2D eigenvalue weighted by atomic mass is 10.1. The van der Waals surface area contributed by atoms with E-state index in [0.717, 1.165) is 17.1 Å². The second kappa shape index (κ2) is 7.41. The summed E-state index contributed by atoms with van der Waals surface area (Å²) in [5, 5.41) is 12.2. The minimum absolute atomic E-state index is 0.196. The average Bonchev–Trinajstić information content (AvgIpc) is 2.56. The first kappa shape index (κ1) is 15.0. The van der Waals surface area contributed by atoms with Crippen LogP contribution in [0.5, 0.6) is 0 Å². The molecule has 2 aromatic rings. The molecule has 0 fully saturated rings. The fraction of sp³-hybridized carbons (Fsp3) is 0.294. The number of nitrogens with zero attached hydrogens (tertiary/aromatic N) is 3. The van der Waals surface area contributed by atoms with Crippen molar-refractivity contribution in [3.8, 4) is 6.07 Å². The number of nitriles is 1. The van der Waals surface area contributed by atoms with Crippen molar-refractivity contribution in [1.29, 1.82) is 5.26 Å². The maximum Gasteiger partial charge on any atom is 0.137 e. The topological polar surface area (TPSA) is 52.0 Å². The van der Waals surface area contributed by atoms with Gasteiger partial charge in [0.1, 0.15) is 5.82 Å². The number of rotatable bonds is 6. The van der Waals surface area contributed by atoms with Gasteiger partial charge in [-0.1, -0.05) is 24.3 Å². The molecule has 0 radical (unpaired) electrons. The van der Waals surface area contributed by atoms with Gasteiger partial charge in [0.15, 0.2) is 0 Å². The molecule has 2 rings (SSSR count). The molecule has 4 nitrogen and oxygen atoms in total. The Kier molecular flexibility index (Phi) is 5.30. The zero-order valence-corrected chi connectivity index (χ0v) is 12.5. The number of benzene rings is 1. The molecule has 0 aliphatic carbocycles. The number of aromatic nitrogens is 1. The number of nitrogens with one attached hydrogen (secondary N) is 1. The lowest BCUT2D eigenvalue weighted by Crippen LogP contribution is -2.23. The summed E-state index contributed by atoms with van der Waals surface area (Å²) in [7, 11) is 1.93. The molecule has 0 bridgehead atoms. The highest BCUT2D eigenvalue weighted by atomic mass is 15.2. The molecule has 0 aliphatic rings. The Bertz CT molecular complexity index is 604. The number of pyridine rings is 1. The van der Waals surface area contributed by atoms with Gasteiger partial charge in [0.05, 0.1) is 12.5 Å². The SMILES string of the molecule is CNC(C)c1cccnc1N(CCC#N)c1ccccc1. The van der Waals surface area contributed by atoms with E-state index in [1.807, 2.05) is 43.4 Å². The molecule has 1 aromatic heterocycles. The summed E-state index contributed by atoms with van der Waals surface area (Å²) in [5.41, 5.74) is 2.18. The fourth-order valence-corrected chi connectivity index (χ4v) is 2.26. The normalized spacial score (nSPS) is 11.7. The largest absolute Gasteiger partial charge is 0.325 e. The minimum atomic E-state index is 0.196. The standard InChI is InChI=1S/C17H20N4/c1-14(19-2)16-10-6-12-20-17(16)21(13-7-11-18)15-8-4-3-5-9-15/h3-6,8-10,12,14,19H,7,13H2,1-2H3. The van der Waals surface area contributed by atoms with Gasteiger partial charge in [-0.25, -0.2) is 4.98 Å². The van der Waals surface area contributed by atoms with Crippen LogP contribution < -0.4 is 10.2 Å². The van der Waals surface area contributed by atoms with Gasteiger partial charge in [-0.15, -0.1) is 0 Å². The lowest BCUT2D eigenvalue weighted by molar-refractivity contribution is 0.648. The maximum atomic E-state index is 8.92. The van der Waals surface area contributed by atoms with Crippen LogP contribution >= 0.6 is 0 Å². The third-order valence-corrected chi connectivity index (χ3v) is 3.49. The Balaban J connectivity index is 2.45. The van der Waals surface area contributed by atoms with Gasteiger partial charge < -0.3 is 10.2 Å². The zero-order chi connectivity index (χ0) is 15.1. The Hall–Kier alpha value is -2.38. The highest BCUT2D eigenvalue weighted by molar-refractivity contribution is 5.63. The molecule has 21 heavy (non-hydrogen) atoms. The van der Waals surface area contributed by atoms with Gasteiger partial charge in [0.25, 0.3) is 0 Å². The smallest absolute Gasteiger partial charge is 0.137 e. The molecule has 1 N–H and O–H groups in total. The summed E-state index contributed by atoms with van der Waals surface area (Å²) in [4.78, 5) is 6.66. The van der Waals surface area contributed by atoms with Crippen molar-refractivity contribution in [3.05, 3.63) is 54.2 Å². The molecular formula is C17H20N4. The van der Waals surface area contributed by atoms with Gasteiger partial charge in [-0.05, 0) is 32.2 Å². The van der Waals surface area contributed by atoms with Gasteiger partial charge in [0.2, 0.25) is 0 Å². The van der Waals surface area contributed by atoms with E-state index in [9.17, 15) is 0 Å². The first-order valence-corrected chi connectivity index (χ1v) is 7.09. The van der Waals surface area contributed by atoms with Crippen LogP contribution in [0.25, 0.3) is 0 Å². The van der Waals surface area contributed by atoms with E-state index < -0.39 is 0 Å². The molecular weight excluding hydrogens is 260 g/mol. The van der Waals surface area contributed by atoms with Crippen LogP contribution in [0.4, 0.5) is 11.5 Å². The maximum absolute atomic E-state index is 8.92. The van der Waals surface area contributed by atoms with E-state index in [1.165, 1.54) is 0 Å². The Morgan fingerprint density at radius 2 is 2.00 bits per heavy atom. The van der Waals surface area contributed by atoms with Crippen LogP contribution in [0, 0.1) is 11.3 Å². The summed E-state index contributed by atoms with van der Waals surface area (Å²) in [6.07, 6.45) is 2.25. The number of hydrogen-bond donors (Lipinski definition) is 1. The summed E-state index contributed by atoms with van der Waals surface area (Å²) in [6, 6.07) is 16.5. The third-order valence-electron chi connectivity index (χ3n) is 3.49. The van der Waals surface area contributed by atoms with Crippen molar-refractivity contribution in [2.45, 2.75) is 19.4 Å². The molecule has 0 saturated carbocycles.